The fourth-order valence-electron chi connectivity index (χ4n) is 5.13. The van der Waals surface area contributed by atoms with E-state index in [0.717, 1.165) is 24.3 Å². The number of hydrogen-bond donors (Lipinski definition) is 0. The molecule has 5 rings (SSSR count). The van der Waals surface area contributed by atoms with Crippen LogP contribution in [-0.2, 0) is 12.4 Å². The molecule has 0 bridgehead atoms. The average molecular weight is 597 g/mol. The van der Waals surface area contributed by atoms with Gasteiger partial charge in [0.05, 0.1) is 10.5 Å². The van der Waals surface area contributed by atoms with Gasteiger partial charge in [0.1, 0.15) is 23.8 Å². The SMILES string of the molecule is O=[N+]([O-])c1ccc(N2CCC(Oc3cc(N4CCN(c5ccc(C(F)(F)F)cc5)CC4)ncn3)CC2)cc1C(F)(F)F. The molecular formula is C27H26F6N6O3. The minimum Gasteiger partial charge on any atom is -0.474 e. The van der Waals surface area contributed by atoms with Gasteiger partial charge < -0.3 is 19.4 Å². The number of benzene rings is 2. The number of anilines is 3. The predicted molar refractivity (Wildman–Crippen MR) is 142 cm³/mol. The highest BCUT2D eigenvalue weighted by molar-refractivity contribution is 5.57. The summed E-state index contributed by atoms with van der Waals surface area (Å²) in [6.07, 6.45) is -7.07. The Kier molecular flexibility index (Phi) is 8.01. The lowest BCUT2D eigenvalue weighted by molar-refractivity contribution is -0.388. The van der Waals surface area contributed by atoms with E-state index in [2.05, 4.69) is 9.97 Å². The maximum absolute atomic E-state index is 13.4. The number of alkyl halides is 6. The van der Waals surface area contributed by atoms with E-state index in [1.807, 2.05) is 9.80 Å². The number of nitrogens with zero attached hydrogens (tertiary/aromatic N) is 6. The van der Waals surface area contributed by atoms with Crippen molar-refractivity contribution in [1.82, 2.24) is 9.97 Å². The van der Waals surface area contributed by atoms with E-state index in [4.69, 9.17) is 4.74 Å². The molecule has 224 valence electrons. The number of rotatable bonds is 6. The fourth-order valence-corrected chi connectivity index (χ4v) is 5.13. The van der Waals surface area contributed by atoms with Gasteiger partial charge in [-0.15, -0.1) is 0 Å². The summed E-state index contributed by atoms with van der Waals surface area (Å²) in [5, 5.41) is 11.0. The van der Waals surface area contributed by atoms with Crippen molar-refractivity contribution in [3.8, 4) is 5.88 Å². The average Bonchev–Trinajstić information content (AvgIpc) is 2.97. The second-order valence-corrected chi connectivity index (χ2v) is 9.99. The van der Waals surface area contributed by atoms with E-state index >= 15 is 0 Å². The van der Waals surface area contributed by atoms with Gasteiger partial charge in [-0.3, -0.25) is 10.1 Å². The van der Waals surface area contributed by atoms with Crippen LogP contribution in [0.25, 0.3) is 0 Å². The molecule has 42 heavy (non-hydrogen) atoms. The minimum absolute atomic E-state index is 0.236. The molecule has 0 saturated carbocycles. The second kappa shape index (κ2) is 11.5. The molecular weight excluding hydrogens is 570 g/mol. The number of hydrogen-bond acceptors (Lipinski definition) is 8. The molecule has 15 heteroatoms. The molecule has 9 nitrogen and oxygen atoms in total. The minimum atomic E-state index is -4.85. The van der Waals surface area contributed by atoms with Crippen LogP contribution < -0.4 is 19.4 Å². The summed E-state index contributed by atoms with van der Waals surface area (Å²) in [6.45, 7) is 3.13. The van der Waals surface area contributed by atoms with Gasteiger partial charge in [0.2, 0.25) is 5.88 Å². The van der Waals surface area contributed by atoms with Crippen LogP contribution >= 0.6 is 0 Å². The van der Waals surface area contributed by atoms with Crippen LogP contribution in [0.15, 0.2) is 54.9 Å². The third-order valence-electron chi connectivity index (χ3n) is 7.37. The molecule has 2 fully saturated rings. The van der Waals surface area contributed by atoms with E-state index in [1.54, 1.807) is 11.0 Å². The molecule has 3 heterocycles. The fraction of sp³-hybridized carbons (Fsp3) is 0.407. The summed E-state index contributed by atoms with van der Waals surface area (Å²) >= 11 is 0. The molecule has 2 aliphatic rings. The highest BCUT2D eigenvalue weighted by Gasteiger charge is 2.39. The van der Waals surface area contributed by atoms with E-state index in [9.17, 15) is 36.5 Å². The monoisotopic (exact) mass is 596 g/mol. The molecule has 0 radical (unpaired) electrons. The smallest absolute Gasteiger partial charge is 0.423 e. The van der Waals surface area contributed by atoms with Crippen molar-refractivity contribution in [2.24, 2.45) is 0 Å². The first-order chi connectivity index (χ1) is 19.9. The van der Waals surface area contributed by atoms with Gasteiger partial charge in [-0.2, -0.15) is 26.3 Å². The summed E-state index contributed by atoms with van der Waals surface area (Å²) in [5.74, 6) is 1.01. The standard InChI is InChI=1S/C27H26F6N6O3/c28-26(29,30)18-1-3-19(4-2-18)37-11-13-38(14-12-37)24-16-25(35-17-34-24)42-21-7-9-36(10-8-21)20-5-6-23(39(40)41)22(15-20)27(31,32)33/h1-6,15-17,21H,7-14H2. The molecule has 2 aromatic carbocycles. The van der Waals surface area contributed by atoms with E-state index < -0.39 is 34.1 Å². The Hall–Kier alpha value is -4.30. The summed E-state index contributed by atoms with van der Waals surface area (Å²) in [4.78, 5) is 24.3. The van der Waals surface area contributed by atoms with Gasteiger partial charge in [0.25, 0.3) is 5.69 Å². The molecule has 0 amide bonds. The molecule has 0 spiro atoms. The highest BCUT2D eigenvalue weighted by Crippen LogP contribution is 2.39. The van der Waals surface area contributed by atoms with Crippen LogP contribution in [0.3, 0.4) is 0 Å². The van der Waals surface area contributed by atoms with Gasteiger partial charge in [-0.05, 0) is 36.4 Å². The first-order valence-electron chi connectivity index (χ1n) is 13.1. The van der Waals surface area contributed by atoms with Gasteiger partial charge in [0, 0.05) is 75.6 Å². The Morgan fingerprint density at radius 3 is 1.95 bits per heavy atom. The number of nitro groups is 1. The zero-order valence-corrected chi connectivity index (χ0v) is 22.1. The van der Waals surface area contributed by atoms with Gasteiger partial charge in [-0.1, -0.05) is 0 Å². The molecule has 0 unspecified atom stereocenters. The molecule has 3 aromatic rings. The number of piperidine rings is 1. The van der Waals surface area contributed by atoms with Crippen molar-refractivity contribution in [3.63, 3.8) is 0 Å². The predicted octanol–water partition coefficient (Wildman–Crippen LogP) is 5.80. The van der Waals surface area contributed by atoms with Crippen molar-refractivity contribution in [2.75, 3.05) is 54.0 Å². The van der Waals surface area contributed by atoms with E-state index in [1.165, 1.54) is 24.5 Å². The number of piperazine rings is 1. The molecule has 0 aliphatic carbocycles. The lowest BCUT2D eigenvalue weighted by atomic mass is 10.1. The zero-order chi connectivity index (χ0) is 30.1. The molecule has 0 atom stereocenters. The lowest BCUT2D eigenvalue weighted by Crippen LogP contribution is -2.46. The normalized spacial score (nSPS) is 17.0. The summed E-state index contributed by atoms with van der Waals surface area (Å²) in [5.41, 5.74) is -1.98. The van der Waals surface area contributed by atoms with Crippen molar-refractivity contribution >= 4 is 22.9 Å². The van der Waals surface area contributed by atoms with Gasteiger partial charge >= 0.3 is 12.4 Å². The Labute approximate surface area is 236 Å². The summed E-state index contributed by atoms with van der Waals surface area (Å²) in [6, 6.07) is 9.82. The van der Waals surface area contributed by atoms with Gasteiger partial charge in [0.15, 0.2) is 0 Å². The Bertz CT molecular complexity index is 1400. The van der Waals surface area contributed by atoms with E-state index in [-0.39, 0.29) is 11.8 Å². The molecule has 2 saturated heterocycles. The first-order valence-corrected chi connectivity index (χ1v) is 13.1. The quantitative estimate of drug-likeness (QED) is 0.201. The molecule has 0 N–H and O–H groups in total. The Morgan fingerprint density at radius 1 is 0.762 bits per heavy atom. The zero-order valence-electron chi connectivity index (χ0n) is 22.1. The molecule has 1 aromatic heterocycles. The van der Waals surface area contributed by atoms with Crippen LogP contribution in [0.4, 0.5) is 49.2 Å². The highest BCUT2D eigenvalue weighted by atomic mass is 19.4. The van der Waals surface area contributed by atoms with Crippen LogP contribution in [-0.4, -0.2) is 60.3 Å². The lowest BCUT2D eigenvalue weighted by Gasteiger charge is -2.37. The third-order valence-corrected chi connectivity index (χ3v) is 7.37. The second-order valence-electron chi connectivity index (χ2n) is 9.99. The maximum Gasteiger partial charge on any atom is 0.423 e. The van der Waals surface area contributed by atoms with Crippen molar-refractivity contribution in [1.29, 1.82) is 0 Å². The largest absolute Gasteiger partial charge is 0.474 e. The Balaban J connectivity index is 1.15. The van der Waals surface area contributed by atoms with Crippen LogP contribution in [0.2, 0.25) is 0 Å². The number of aromatic nitrogens is 2. The van der Waals surface area contributed by atoms with Crippen molar-refractivity contribution in [3.05, 3.63) is 76.1 Å². The third kappa shape index (κ3) is 6.60. The summed E-state index contributed by atoms with van der Waals surface area (Å²) < 4.78 is 84.8. The van der Waals surface area contributed by atoms with E-state index in [0.29, 0.717) is 69.5 Å². The molecule has 2 aliphatic heterocycles. The number of halogens is 6. The van der Waals surface area contributed by atoms with Crippen LogP contribution in [0.1, 0.15) is 24.0 Å². The van der Waals surface area contributed by atoms with Gasteiger partial charge in [-0.25, -0.2) is 9.97 Å². The summed E-state index contributed by atoms with van der Waals surface area (Å²) in [7, 11) is 0. The first kappa shape index (κ1) is 29.2. The van der Waals surface area contributed by atoms with Crippen LogP contribution in [0, 0.1) is 10.1 Å². The number of nitro benzene ring substituents is 1. The van der Waals surface area contributed by atoms with Crippen LogP contribution in [0.5, 0.6) is 5.88 Å². The number of ether oxygens (including phenoxy) is 1. The Morgan fingerprint density at radius 2 is 1.36 bits per heavy atom. The maximum atomic E-state index is 13.4. The topological polar surface area (TPSA) is 87.9 Å². The van der Waals surface area contributed by atoms with Crippen molar-refractivity contribution < 1.29 is 36.0 Å². The van der Waals surface area contributed by atoms with Crippen molar-refractivity contribution in [2.45, 2.75) is 31.3 Å².